The van der Waals surface area contributed by atoms with Gasteiger partial charge in [-0.2, -0.15) is 0 Å². The minimum Gasteiger partial charge on any atom is -0.370 e. The maximum Gasteiger partial charge on any atom is 0.269 e. The minimum absolute atomic E-state index is 0.368. The highest BCUT2D eigenvalue weighted by molar-refractivity contribution is 6.27. The van der Waals surface area contributed by atoms with E-state index in [0.29, 0.717) is 22.2 Å². The molecule has 16 heavy (non-hydrogen) atoms. The van der Waals surface area contributed by atoms with Crippen molar-refractivity contribution in [3.63, 3.8) is 0 Å². The van der Waals surface area contributed by atoms with Gasteiger partial charge < -0.3 is 25.0 Å². The van der Waals surface area contributed by atoms with Crippen LogP contribution >= 0.6 is 0 Å². The van der Waals surface area contributed by atoms with Gasteiger partial charge in [0, 0.05) is 34.2 Å². The number of ether oxygens (including phenoxy) is 2. The molecule has 3 N–H and O–H groups in total. The second kappa shape index (κ2) is 9.09. The van der Waals surface area contributed by atoms with Crippen molar-refractivity contribution in [2.75, 3.05) is 33.9 Å². The molecule has 0 spiro atoms. The van der Waals surface area contributed by atoms with Gasteiger partial charge in [0.1, 0.15) is 0 Å². The molecule has 96 valence electrons. The molecule has 0 aliphatic carbocycles. The van der Waals surface area contributed by atoms with Gasteiger partial charge in [-0.25, -0.2) is 0 Å². The zero-order chi connectivity index (χ0) is 12.4. The van der Waals surface area contributed by atoms with Crippen molar-refractivity contribution >= 4 is 9.76 Å². The highest BCUT2D eigenvalue weighted by Gasteiger charge is 2.23. The van der Waals surface area contributed by atoms with E-state index >= 15 is 0 Å². The summed E-state index contributed by atoms with van der Waals surface area (Å²) in [5.74, 6) is -0.356. The summed E-state index contributed by atoms with van der Waals surface area (Å²) in [6.07, 6.45) is 0. The Morgan fingerprint density at radius 1 is 1.38 bits per heavy atom. The van der Waals surface area contributed by atoms with E-state index in [-0.39, 0.29) is 0 Å². The molecule has 0 fully saturated rings. The van der Waals surface area contributed by atoms with Crippen molar-refractivity contribution in [2.45, 2.75) is 25.9 Å². The molecule has 0 aromatic rings. The molecule has 0 aliphatic rings. The zero-order valence-electron chi connectivity index (χ0n) is 10.7. The normalized spacial score (nSPS) is 14.1. The van der Waals surface area contributed by atoms with Gasteiger partial charge in [-0.15, -0.1) is 0 Å². The monoisotopic (exact) mass is 248 g/mol. The largest absolute Gasteiger partial charge is 0.370 e. The molecule has 1 atom stereocenters. The van der Waals surface area contributed by atoms with Crippen LogP contribution in [0.1, 0.15) is 13.8 Å². The summed E-state index contributed by atoms with van der Waals surface area (Å²) in [6, 6.07) is 0.986. The number of hydrogen-bond donors (Lipinski definition) is 2. The van der Waals surface area contributed by atoms with Crippen LogP contribution in [0.4, 0.5) is 0 Å². The van der Waals surface area contributed by atoms with Crippen molar-refractivity contribution < 1.29 is 13.9 Å². The first-order chi connectivity index (χ1) is 7.58. The maximum absolute atomic E-state index is 5.54. The van der Waals surface area contributed by atoms with Crippen molar-refractivity contribution in [3.8, 4) is 0 Å². The van der Waals surface area contributed by atoms with E-state index in [2.05, 4.69) is 12.2 Å². The second-order valence-corrected chi connectivity index (χ2v) is 4.72. The fraction of sp³-hybridized carbons (Fsp3) is 1.00. The molecule has 6 heteroatoms. The average molecular weight is 248 g/mol. The molecule has 0 saturated heterocycles. The maximum atomic E-state index is 5.54. The van der Waals surface area contributed by atoms with Gasteiger partial charge in [-0.05, 0) is 18.5 Å². The smallest absolute Gasteiger partial charge is 0.269 e. The van der Waals surface area contributed by atoms with Crippen molar-refractivity contribution in [1.29, 1.82) is 0 Å². The van der Waals surface area contributed by atoms with Crippen LogP contribution in [0.25, 0.3) is 0 Å². The molecule has 0 bridgehead atoms. The zero-order valence-corrected chi connectivity index (χ0v) is 11.7. The van der Waals surface area contributed by atoms with E-state index in [4.69, 9.17) is 19.6 Å². The van der Waals surface area contributed by atoms with E-state index in [1.54, 1.807) is 21.1 Å². The Balaban J connectivity index is 3.56. The Bertz CT molecular complexity index is 168. The SMILES string of the molecule is COC(C)(OC)O[Si]CC(C)CNCCN. The van der Waals surface area contributed by atoms with Crippen molar-refractivity contribution in [1.82, 2.24) is 5.32 Å². The Morgan fingerprint density at radius 3 is 2.50 bits per heavy atom. The third kappa shape index (κ3) is 7.32. The lowest BCUT2D eigenvalue weighted by Gasteiger charge is -2.26. The summed E-state index contributed by atoms with van der Waals surface area (Å²) >= 11 is 0. The van der Waals surface area contributed by atoms with Crippen LogP contribution in [0.5, 0.6) is 0 Å². The van der Waals surface area contributed by atoms with Crippen LogP contribution in [-0.2, 0) is 13.9 Å². The summed E-state index contributed by atoms with van der Waals surface area (Å²) in [4.78, 5) is 0. The first kappa shape index (κ1) is 16.0. The van der Waals surface area contributed by atoms with Crippen LogP contribution < -0.4 is 11.1 Å². The highest BCUT2D eigenvalue weighted by Crippen LogP contribution is 2.12. The lowest BCUT2D eigenvalue weighted by atomic mass is 10.2. The van der Waals surface area contributed by atoms with Crippen molar-refractivity contribution in [2.24, 2.45) is 11.7 Å². The van der Waals surface area contributed by atoms with E-state index < -0.39 is 5.97 Å². The third-order valence-corrected chi connectivity index (χ3v) is 3.62. The Labute approximate surface area is 101 Å². The fourth-order valence-electron chi connectivity index (χ4n) is 1.00. The van der Waals surface area contributed by atoms with Gasteiger partial charge in [0.15, 0.2) is 0 Å². The van der Waals surface area contributed by atoms with Crippen LogP contribution in [0.3, 0.4) is 0 Å². The number of nitrogens with two attached hydrogens (primary N) is 1. The van der Waals surface area contributed by atoms with Crippen LogP contribution in [0, 0.1) is 5.92 Å². The lowest BCUT2D eigenvalue weighted by molar-refractivity contribution is -0.310. The van der Waals surface area contributed by atoms with Gasteiger partial charge in [0.25, 0.3) is 5.97 Å². The highest BCUT2D eigenvalue weighted by atomic mass is 28.2. The molecular formula is C10H24N2O3Si. The predicted molar refractivity (Wildman–Crippen MR) is 65.2 cm³/mol. The molecule has 0 saturated carbocycles. The average Bonchev–Trinajstić information content (AvgIpc) is 2.29. The Hall–Kier alpha value is 0.0169. The number of hydrogen-bond acceptors (Lipinski definition) is 5. The van der Waals surface area contributed by atoms with Crippen LogP contribution in [0.2, 0.25) is 6.04 Å². The van der Waals surface area contributed by atoms with E-state index in [1.807, 2.05) is 0 Å². The summed E-state index contributed by atoms with van der Waals surface area (Å²) < 4.78 is 15.7. The van der Waals surface area contributed by atoms with Gasteiger partial charge in [-0.1, -0.05) is 6.92 Å². The molecule has 5 nitrogen and oxygen atoms in total. The number of nitrogens with one attached hydrogen (secondary N) is 1. The molecule has 0 aromatic carbocycles. The van der Waals surface area contributed by atoms with E-state index in [0.717, 1.165) is 19.1 Å². The van der Waals surface area contributed by atoms with Gasteiger partial charge in [0.05, 0.1) is 0 Å². The molecule has 0 aliphatic heterocycles. The predicted octanol–water partition coefficient (Wildman–Crippen LogP) is 0.191. The first-order valence-electron chi connectivity index (χ1n) is 5.50. The van der Waals surface area contributed by atoms with E-state index in [9.17, 15) is 0 Å². The summed E-state index contributed by atoms with van der Waals surface area (Å²) in [5, 5.41) is 3.27. The molecule has 0 aromatic heterocycles. The summed E-state index contributed by atoms with van der Waals surface area (Å²) in [5.41, 5.74) is 5.39. The van der Waals surface area contributed by atoms with Gasteiger partial charge >= 0.3 is 0 Å². The standard InChI is InChI=1S/C10H24N2O3Si/c1-9(7-12-6-5-11)8-16-15-10(2,13-3)14-4/h9,12H,5-8,11H2,1-4H3. The lowest BCUT2D eigenvalue weighted by Crippen LogP contribution is -2.35. The molecule has 0 rings (SSSR count). The summed E-state index contributed by atoms with van der Waals surface area (Å²) in [7, 11) is 3.51. The van der Waals surface area contributed by atoms with Gasteiger partial charge in [-0.3, -0.25) is 0 Å². The molecule has 0 heterocycles. The second-order valence-electron chi connectivity index (χ2n) is 3.82. The Kier molecular flexibility index (Phi) is 9.10. The molecule has 0 amide bonds. The van der Waals surface area contributed by atoms with Crippen molar-refractivity contribution in [3.05, 3.63) is 0 Å². The summed E-state index contributed by atoms with van der Waals surface area (Å²) in [6.45, 7) is 6.44. The van der Waals surface area contributed by atoms with Crippen LogP contribution in [0.15, 0.2) is 0 Å². The first-order valence-corrected chi connectivity index (χ1v) is 6.61. The number of rotatable bonds is 10. The third-order valence-electron chi connectivity index (χ3n) is 2.24. The molecular weight excluding hydrogens is 224 g/mol. The fourth-order valence-corrected chi connectivity index (χ4v) is 1.95. The van der Waals surface area contributed by atoms with Gasteiger partial charge in [0.2, 0.25) is 9.76 Å². The van der Waals surface area contributed by atoms with E-state index in [1.165, 1.54) is 0 Å². The minimum atomic E-state index is -0.914. The Morgan fingerprint density at radius 2 is 2.00 bits per heavy atom. The number of methoxy groups -OCH3 is 2. The molecule has 2 radical (unpaired) electrons. The topological polar surface area (TPSA) is 65.7 Å². The van der Waals surface area contributed by atoms with Crippen LogP contribution in [-0.4, -0.2) is 49.6 Å². The quantitative estimate of drug-likeness (QED) is 0.328. The molecule has 1 unspecified atom stereocenters.